The first kappa shape index (κ1) is 15.6. The van der Waals surface area contributed by atoms with E-state index < -0.39 is 0 Å². The summed E-state index contributed by atoms with van der Waals surface area (Å²) in [5.74, 6) is 0.0778. The third-order valence-corrected chi connectivity index (χ3v) is 3.73. The Labute approximate surface area is 135 Å². The van der Waals surface area contributed by atoms with Crippen molar-refractivity contribution in [2.24, 2.45) is 0 Å². The quantitative estimate of drug-likeness (QED) is 0.796. The zero-order valence-corrected chi connectivity index (χ0v) is 13.6. The van der Waals surface area contributed by atoms with Crippen LogP contribution in [0.3, 0.4) is 0 Å². The average Bonchev–Trinajstić information content (AvgIpc) is 2.49. The summed E-state index contributed by atoms with van der Waals surface area (Å²) in [5, 5.41) is 2.73. The summed E-state index contributed by atoms with van der Waals surface area (Å²) < 4.78 is 24.1. The van der Waals surface area contributed by atoms with E-state index in [4.69, 9.17) is 9.47 Å². The first-order chi connectivity index (χ1) is 10.1. The normalized spacial score (nSPS) is 10.1. The van der Waals surface area contributed by atoms with E-state index in [1.54, 1.807) is 18.2 Å². The third kappa shape index (κ3) is 3.44. The highest BCUT2D eigenvalue weighted by atomic mass is 127. The van der Waals surface area contributed by atoms with E-state index in [1.165, 1.54) is 32.4 Å². The number of hydrogen-bond donors (Lipinski definition) is 1. The van der Waals surface area contributed by atoms with Gasteiger partial charge in [0.2, 0.25) is 0 Å². The van der Waals surface area contributed by atoms with Gasteiger partial charge in [-0.15, -0.1) is 0 Å². The highest BCUT2D eigenvalue weighted by Crippen LogP contribution is 2.29. The molecule has 4 nitrogen and oxygen atoms in total. The lowest BCUT2D eigenvalue weighted by molar-refractivity contribution is 0.102. The zero-order valence-electron chi connectivity index (χ0n) is 11.4. The number of rotatable bonds is 4. The van der Waals surface area contributed by atoms with E-state index in [0.717, 1.165) is 0 Å². The predicted octanol–water partition coefficient (Wildman–Crippen LogP) is 3.70. The molecule has 0 saturated carbocycles. The molecule has 0 fully saturated rings. The van der Waals surface area contributed by atoms with Crippen LogP contribution in [0.25, 0.3) is 0 Å². The van der Waals surface area contributed by atoms with Crippen LogP contribution < -0.4 is 14.8 Å². The standard InChI is InChI=1S/C15H13FINO3/c1-20-12-4-3-5-13(21-2)14(12)15(19)18-11-7-6-9(16)8-10(11)17/h3-8H,1-2H3,(H,18,19). The maximum Gasteiger partial charge on any atom is 0.263 e. The van der Waals surface area contributed by atoms with Gasteiger partial charge in [0.1, 0.15) is 22.9 Å². The molecule has 1 N–H and O–H groups in total. The van der Waals surface area contributed by atoms with Gasteiger partial charge in [-0.05, 0) is 52.9 Å². The number of ether oxygens (including phenoxy) is 2. The molecule has 0 saturated heterocycles. The van der Waals surface area contributed by atoms with Gasteiger partial charge in [-0.25, -0.2) is 4.39 Å². The maximum atomic E-state index is 13.1. The van der Waals surface area contributed by atoms with Crippen LogP contribution >= 0.6 is 22.6 Å². The average molecular weight is 401 g/mol. The molecule has 21 heavy (non-hydrogen) atoms. The molecule has 0 radical (unpaired) electrons. The highest BCUT2D eigenvalue weighted by molar-refractivity contribution is 14.1. The van der Waals surface area contributed by atoms with Crippen LogP contribution in [0.1, 0.15) is 10.4 Å². The van der Waals surface area contributed by atoms with Crippen LogP contribution in [0.2, 0.25) is 0 Å². The van der Waals surface area contributed by atoms with Crippen LogP contribution in [0.4, 0.5) is 10.1 Å². The van der Waals surface area contributed by atoms with Crippen molar-refractivity contribution in [1.29, 1.82) is 0 Å². The van der Waals surface area contributed by atoms with Crippen LogP contribution in [0.5, 0.6) is 11.5 Å². The molecule has 0 unspecified atom stereocenters. The lowest BCUT2D eigenvalue weighted by Crippen LogP contribution is -2.15. The molecule has 0 bridgehead atoms. The van der Waals surface area contributed by atoms with Crippen LogP contribution in [0, 0.1) is 9.39 Å². The van der Waals surface area contributed by atoms with Crippen LogP contribution in [0.15, 0.2) is 36.4 Å². The molecule has 2 aromatic rings. The molecule has 0 aliphatic carbocycles. The molecule has 0 spiro atoms. The van der Waals surface area contributed by atoms with E-state index >= 15 is 0 Å². The van der Waals surface area contributed by atoms with E-state index in [0.29, 0.717) is 26.3 Å². The number of benzene rings is 2. The Bertz CT molecular complexity index is 654. The Morgan fingerprint density at radius 3 is 2.29 bits per heavy atom. The van der Waals surface area contributed by atoms with Gasteiger partial charge in [-0.2, -0.15) is 0 Å². The topological polar surface area (TPSA) is 47.6 Å². The third-order valence-electron chi connectivity index (χ3n) is 2.83. The molecule has 0 aliphatic rings. The Hall–Kier alpha value is -1.83. The number of anilines is 1. The second kappa shape index (κ2) is 6.75. The largest absolute Gasteiger partial charge is 0.496 e. The smallest absolute Gasteiger partial charge is 0.263 e. The summed E-state index contributed by atoms with van der Waals surface area (Å²) in [5.41, 5.74) is 0.817. The molecule has 0 aromatic heterocycles. The summed E-state index contributed by atoms with van der Waals surface area (Å²) in [6, 6.07) is 9.22. The minimum atomic E-state index is -0.381. The van der Waals surface area contributed by atoms with Crippen LogP contribution in [-0.4, -0.2) is 20.1 Å². The fourth-order valence-electron chi connectivity index (χ4n) is 1.85. The first-order valence-electron chi connectivity index (χ1n) is 6.04. The van der Waals surface area contributed by atoms with Gasteiger partial charge in [0.15, 0.2) is 0 Å². The Kier molecular flexibility index (Phi) is 5.00. The monoisotopic (exact) mass is 401 g/mol. The molecule has 0 atom stereocenters. The van der Waals surface area contributed by atoms with Gasteiger partial charge in [0.05, 0.1) is 19.9 Å². The van der Waals surface area contributed by atoms with Crippen molar-refractivity contribution < 1.29 is 18.7 Å². The van der Waals surface area contributed by atoms with Crippen molar-refractivity contribution in [3.05, 3.63) is 51.3 Å². The molecule has 2 aromatic carbocycles. The van der Waals surface area contributed by atoms with Crippen molar-refractivity contribution in [1.82, 2.24) is 0 Å². The Morgan fingerprint density at radius 1 is 1.14 bits per heavy atom. The lowest BCUT2D eigenvalue weighted by Gasteiger charge is -2.13. The van der Waals surface area contributed by atoms with Gasteiger partial charge >= 0.3 is 0 Å². The van der Waals surface area contributed by atoms with Gasteiger partial charge < -0.3 is 14.8 Å². The number of nitrogens with one attached hydrogen (secondary N) is 1. The van der Waals surface area contributed by atoms with E-state index in [-0.39, 0.29) is 11.7 Å². The molecule has 0 heterocycles. The summed E-state index contributed by atoms with van der Waals surface area (Å²) in [6.07, 6.45) is 0. The highest BCUT2D eigenvalue weighted by Gasteiger charge is 2.19. The van der Waals surface area contributed by atoms with Gasteiger partial charge in [0, 0.05) is 3.57 Å². The van der Waals surface area contributed by atoms with Crippen molar-refractivity contribution in [2.75, 3.05) is 19.5 Å². The van der Waals surface area contributed by atoms with Gasteiger partial charge in [-0.3, -0.25) is 4.79 Å². The summed E-state index contributed by atoms with van der Waals surface area (Å²) in [4.78, 5) is 12.4. The maximum absolute atomic E-state index is 13.1. The van der Waals surface area contributed by atoms with E-state index in [1.807, 2.05) is 22.6 Å². The number of halogens is 2. The molecule has 6 heteroatoms. The van der Waals surface area contributed by atoms with Crippen LogP contribution in [-0.2, 0) is 0 Å². The molecular weight excluding hydrogens is 388 g/mol. The minimum absolute atomic E-state index is 0.294. The predicted molar refractivity (Wildman–Crippen MR) is 86.6 cm³/mol. The fraction of sp³-hybridized carbons (Fsp3) is 0.133. The molecule has 0 aliphatic heterocycles. The summed E-state index contributed by atoms with van der Waals surface area (Å²) in [7, 11) is 2.96. The molecule has 2 rings (SSSR count). The van der Waals surface area contributed by atoms with Gasteiger partial charge in [0.25, 0.3) is 5.91 Å². The molecule has 110 valence electrons. The zero-order chi connectivity index (χ0) is 15.4. The second-order valence-electron chi connectivity index (χ2n) is 4.12. The first-order valence-corrected chi connectivity index (χ1v) is 7.12. The number of amides is 1. The number of carbonyl (C=O) groups is 1. The SMILES string of the molecule is COc1cccc(OC)c1C(=O)Nc1ccc(F)cc1I. The Morgan fingerprint density at radius 2 is 1.76 bits per heavy atom. The van der Waals surface area contributed by atoms with Crippen molar-refractivity contribution in [3.8, 4) is 11.5 Å². The van der Waals surface area contributed by atoms with Crippen molar-refractivity contribution >= 4 is 34.2 Å². The number of hydrogen-bond acceptors (Lipinski definition) is 3. The van der Waals surface area contributed by atoms with Gasteiger partial charge in [-0.1, -0.05) is 6.07 Å². The fourth-order valence-corrected chi connectivity index (χ4v) is 2.46. The Balaban J connectivity index is 2.36. The van der Waals surface area contributed by atoms with E-state index in [9.17, 15) is 9.18 Å². The lowest BCUT2D eigenvalue weighted by atomic mass is 10.1. The molecular formula is C15H13FINO3. The number of methoxy groups -OCH3 is 2. The van der Waals surface area contributed by atoms with E-state index in [2.05, 4.69) is 5.32 Å². The summed E-state index contributed by atoms with van der Waals surface area (Å²) >= 11 is 1.96. The van der Waals surface area contributed by atoms with Crippen molar-refractivity contribution in [2.45, 2.75) is 0 Å². The summed E-state index contributed by atoms with van der Waals surface area (Å²) in [6.45, 7) is 0. The van der Waals surface area contributed by atoms with Crippen molar-refractivity contribution in [3.63, 3.8) is 0 Å². The number of carbonyl (C=O) groups excluding carboxylic acids is 1. The minimum Gasteiger partial charge on any atom is -0.496 e. The molecule has 1 amide bonds. The second-order valence-corrected chi connectivity index (χ2v) is 5.28.